The second kappa shape index (κ2) is 9.54. The van der Waals surface area contributed by atoms with E-state index in [1.54, 1.807) is 32.4 Å². The summed E-state index contributed by atoms with van der Waals surface area (Å²) in [5, 5.41) is 16.9. The van der Waals surface area contributed by atoms with Crippen molar-refractivity contribution < 1.29 is 19.0 Å². The Morgan fingerprint density at radius 2 is 1.97 bits per heavy atom. The lowest BCUT2D eigenvalue weighted by Crippen LogP contribution is -2.24. The number of hydrogen-bond donors (Lipinski definition) is 2. The number of hydrogen-bond acceptors (Lipinski definition) is 7. The summed E-state index contributed by atoms with van der Waals surface area (Å²) in [6, 6.07) is 12.7. The average molecular weight is 397 g/mol. The van der Waals surface area contributed by atoms with E-state index in [0.29, 0.717) is 41.8 Å². The standard InChI is InChI=1S/C20H23N5O4/c1-4-29-15-7-5-6-14(12-15)21-20(26)16(19-22-24-25-23-19)10-13-8-9-17(27-2)18(11-13)28-3/h5-9,11-12,16H,4,10H2,1-3H3,(H,21,26)(H,22,23,24,25)/t16-/m0/s1. The monoisotopic (exact) mass is 397 g/mol. The minimum atomic E-state index is -0.650. The molecule has 1 aromatic heterocycles. The van der Waals surface area contributed by atoms with Crippen LogP contribution >= 0.6 is 0 Å². The normalized spacial score (nSPS) is 11.6. The Balaban J connectivity index is 1.82. The number of nitrogens with one attached hydrogen (secondary N) is 2. The highest BCUT2D eigenvalue weighted by atomic mass is 16.5. The van der Waals surface area contributed by atoms with Crippen LogP contribution in [0.15, 0.2) is 42.5 Å². The van der Waals surface area contributed by atoms with Crippen LogP contribution in [0.3, 0.4) is 0 Å². The van der Waals surface area contributed by atoms with E-state index in [0.717, 1.165) is 5.56 Å². The van der Waals surface area contributed by atoms with E-state index in [1.165, 1.54) is 0 Å². The zero-order valence-corrected chi connectivity index (χ0v) is 16.5. The zero-order chi connectivity index (χ0) is 20.6. The van der Waals surface area contributed by atoms with E-state index in [4.69, 9.17) is 14.2 Å². The van der Waals surface area contributed by atoms with Crippen LogP contribution in [0.2, 0.25) is 0 Å². The highest BCUT2D eigenvalue weighted by Crippen LogP contribution is 2.30. The van der Waals surface area contributed by atoms with Gasteiger partial charge in [0.2, 0.25) is 5.91 Å². The average Bonchev–Trinajstić information content (AvgIpc) is 3.26. The first-order valence-corrected chi connectivity index (χ1v) is 9.12. The third-order valence-electron chi connectivity index (χ3n) is 4.29. The van der Waals surface area contributed by atoms with Gasteiger partial charge in [0.25, 0.3) is 0 Å². The van der Waals surface area contributed by atoms with E-state index in [2.05, 4.69) is 25.9 Å². The smallest absolute Gasteiger partial charge is 0.235 e. The Kier molecular flexibility index (Phi) is 6.62. The van der Waals surface area contributed by atoms with Crippen LogP contribution in [0, 0.1) is 0 Å². The molecule has 3 rings (SSSR count). The van der Waals surface area contributed by atoms with Crippen LogP contribution in [0.25, 0.3) is 0 Å². The summed E-state index contributed by atoms with van der Waals surface area (Å²) in [4.78, 5) is 13.0. The zero-order valence-electron chi connectivity index (χ0n) is 16.5. The molecule has 1 amide bonds. The van der Waals surface area contributed by atoms with Gasteiger partial charge in [-0.05, 0) is 43.2 Å². The molecule has 0 aliphatic heterocycles. The van der Waals surface area contributed by atoms with Gasteiger partial charge < -0.3 is 19.5 Å². The Bertz CT molecular complexity index is 946. The molecule has 0 aliphatic rings. The molecule has 9 heteroatoms. The number of nitrogens with zero attached hydrogens (tertiary/aromatic N) is 3. The van der Waals surface area contributed by atoms with E-state index >= 15 is 0 Å². The summed E-state index contributed by atoms with van der Waals surface area (Å²) in [5.74, 6) is 1.28. The first-order chi connectivity index (χ1) is 14.1. The first kappa shape index (κ1) is 20.1. The lowest BCUT2D eigenvalue weighted by molar-refractivity contribution is -0.117. The van der Waals surface area contributed by atoms with Crippen molar-refractivity contribution in [1.82, 2.24) is 20.6 Å². The summed E-state index contributed by atoms with van der Waals surface area (Å²) in [5.41, 5.74) is 1.50. The minimum Gasteiger partial charge on any atom is -0.494 e. The lowest BCUT2D eigenvalue weighted by Gasteiger charge is -2.16. The lowest BCUT2D eigenvalue weighted by atomic mass is 9.97. The van der Waals surface area contributed by atoms with Crippen LogP contribution in [0.4, 0.5) is 5.69 Å². The predicted octanol–water partition coefficient (Wildman–Crippen LogP) is 2.58. The molecule has 0 saturated heterocycles. The molecule has 152 valence electrons. The van der Waals surface area contributed by atoms with Crippen molar-refractivity contribution in [3.63, 3.8) is 0 Å². The summed E-state index contributed by atoms with van der Waals surface area (Å²) in [7, 11) is 3.14. The Labute approximate surface area is 168 Å². The third kappa shape index (κ3) is 5.01. The quantitative estimate of drug-likeness (QED) is 0.571. The molecule has 0 radical (unpaired) electrons. The van der Waals surface area contributed by atoms with Crippen molar-refractivity contribution in [2.45, 2.75) is 19.3 Å². The van der Waals surface area contributed by atoms with Crippen molar-refractivity contribution >= 4 is 11.6 Å². The topological polar surface area (TPSA) is 111 Å². The van der Waals surface area contributed by atoms with Gasteiger partial charge in [-0.3, -0.25) is 4.79 Å². The first-order valence-electron chi connectivity index (χ1n) is 9.12. The van der Waals surface area contributed by atoms with Gasteiger partial charge in [0.1, 0.15) is 11.7 Å². The maximum Gasteiger partial charge on any atom is 0.235 e. The maximum absolute atomic E-state index is 13.0. The van der Waals surface area contributed by atoms with Crippen LogP contribution in [0.5, 0.6) is 17.2 Å². The highest BCUT2D eigenvalue weighted by molar-refractivity contribution is 5.95. The Morgan fingerprint density at radius 3 is 2.66 bits per heavy atom. The number of tetrazole rings is 1. The Hall–Kier alpha value is -3.62. The number of aromatic nitrogens is 4. The number of H-pyrrole nitrogens is 1. The fraction of sp³-hybridized carbons (Fsp3) is 0.300. The van der Waals surface area contributed by atoms with Gasteiger partial charge in [0.05, 0.1) is 20.8 Å². The molecule has 9 nitrogen and oxygen atoms in total. The number of aromatic amines is 1. The van der Waals surface area contributed by atoms with E-state index < -0.39 is 5.92 Å². The number of rotatable bonds is 9. The van der Waals surface area contributed by atoms with Gasteiger partial charge in [-0.1, -0.05) is 17.3 Å². The fourth-order valence-corrected chi connectivity index (χ4v) is 2.92. The molecule has 0 unspecified atom stereocenters. The molecule has 0 bridgehead atoms. The number of benzene rings is 2. The summed E-state index contributed by atoms with van der Waals surface area (Å²) in [6.45, 7) is 2.45. The molecule has 0 aliphatic carbocycles. The largest absolute Gasteiger partial charge is 0.494 e. The van der Waals surface area contributed by atoms with Crippen molar-refractivity contribution in [3.05, 3.63) is 53.9 Å². The van der Waals surface area contributed by atoms with Crippen molar-refractivity contribution in [2.24, 2.45) is 0 Å². The van der Waals surface area contributed by atoms with Crippen molar-refractivity contribution in [1.29, 1.82) is 0 Å². The SMILES string of the molecule is CCOc1cccc(NC(=O)[C@@H](Cc2ccc(OC)c(OC)c2)c2nn[nH]n2)c1. The molecule has 1 atom stereocenters. The van der Waals surface area contributed by atoms with Gasteiger partial charge in [0.15, 0.2) is 17.3 Å². The molecule has 2 N–H and O–H groups in total. The van der Waals surface area contributed by atoms with Gasteiger partial charge in [0, 0.05) is 11.8 Å². The summed E-state index contributed by atoms with van der Waals surface area (Å²) in [6.07, 6.45) is 0.358. The van der Waals surface area contributed by atoms with Gasteiger partial charge in [-0.25, -0.2) is 0 Å². The number of methoxy groups -OCH3 is 2. The van der Waals surface area contributed by atoms with Crippen molar-refractivity contribution in [2.75, 3.05) is 26.1 Å². The number of carbonyl (C=O) groups excluding carboxylic acids is 1. The van der Waals surface area contributed by atoms with Crippen LogP contribution in [-0.4, -0.2) is 47.4 Å². The molecule has 0 saturated carbocycles. The van der Waals surface area contributed by atoms with Gasteiger partial charge in [-0.15, -0.1) is 10.2 Å². The molecule has 29 heavy (non-hydrogen) atoms. The van der Waals surface area contributed by atoms with E-state index in [1.807, 2.05) is 31.2 Å². The molecular weight excluding hydrogens is 374 g/mol. The molecule has 3 aromatic rings. The van der Waals surface area contributed by atoms with Crippen LogP contribution < -0.4 is 19.5 Å². The second-order valence-electron chi connectivity index (χ2n) is 6.17. The van der Waals surface area contributed by atoms with Crippen LogP contribution in [-0.2, 0) is 11.2 Å². The van der Waals surface area contributed by atoms with Gasteiger partial charge >= 0.3 is 0 Å². The van der Waals surface area contributed by atoms with E-state index in [-0.39, 0.29) is 5.91 Å². The maximum atomic E-state index is 13.0. The molecule has 0 fully saturated rings. The van der Waals surface area contributed by atoms with Crippen molar-refractivity contribution in [3.8, 4) is 17.2 Å². The molecule has 2 aromatic carbocycles. The number of anilines is 1. The summed E-state index contributed by atoms with van der Waals surface area (Å²) >= 11 is 0. The Morgan fingerprint density at radius 1 is 1.14 bits per heavy atom. The molecular formula is C20H23N5O4. The number of ether oxygens (including phenoxy) is 3. The summed E-state index contributed by atoms with van der Waals surface area (Å²) < 4.78 is 16.1. The molecule has 1 heterocycles. The van der Waals surface area contributed by atoms with Crippen LogP contribution in [0.1, 0.15) is 24.2 Å². The third-order valence-corrected chi connectivity index (χ3v) is 4.29. The fourth-order valence-electron chi connectivity index (χ4n) is 2.92. The predicted molar refractivity (Wildman–Crippen MR) is 106 cm³/mol. The van der Waals surface area contributed by atoms with E-state index in [9.17, 15) is 4.79 Å². The highest BCUT2D eigenvalue weighted by Gasteiger charge is 2.26. The number of carbonyl (C=O) groups is 1. The molecule has 0 spiro atoms. The second-order valence-corrected chi connectivity index (χ2v) is 6.17. The number of amides is 1. The van der Waals surface area contributed by atoms with Gasteiger partial charge in [-0.2, -0.15) is 5.21 Å². The minimum absolute atomic E-state index is 0.255.